The number of rotatable bonds is 8. The summed E-state index contributed by atoms with van der Waals surface area (Å²) in [7, 11) is -3.79. The van der Waals surface area contributed by atoms with Crippen molar-refractivity contribution in [2.45, 2.75) is 52.7 Å². The molecule has 0 aliphatic rings. The fourth-order valence-electron chi connectivity index (χ4n) is 3.31. The average molecular weight is 529 g/mol. The molecule has 0 bridgehead atoms. The van der Waals surface area contributed by atoms with Crippen LogP contribution in [0.25, 0.3) is 0 Å². The van der Waals surface area contributed by atoms with Crippen LogP contribution in [0, 0.1) is 6.92 Å². The van der Waals surface area contributed by atoms with Gasteiger partial charge in [0.25, 0.3) is 0 Å². The molecule has 7 nitrogen and oxygen atoms in total. The van der Waals surface area contributed by atoms with Crippen LogP contribution in [0.5, 0.6) is 0 Å². The van der Waals surface area contributed by atoms with Gasteiger partial charge in [0.05, 0.1) is 11.9 Å². The molecule has 0 saturated heterocycles. The van der Waals surface area contributed by atoms with Gasteiger partial charge in [-0.05, 0) is 64.4 Å². The lowest BCUT2D eigenvalue weighted by molar-refractivity contribution is -0.140. The number of benzene rings is 2. The van der Waals surface area contributed by atoms with Gasteiger partial charge in [0.1, 0.15) is 12.6 Å². The van der Waals surface area contributed by atoms with E-state index in [9.17, 15) is 18.0 Å². The molecule has 0 unspecified atom stereocenters. The Morgan fingerprint density at radius 2 is 1.62 bits per heavy atom. The monoisotopic (exact) mass is 527 g/mol. The van der Waals surface area contributed by atoms with Gasteiger partial charge in [0.2, 0.25) is 21.8 Å². The highest BCUT2D eigenvalue weighted by Crippen LogP contribution is 2.27. The van der Waals surface area contributed by atoms with Gasteiger partial charge >= 0.3 is 0 Å². The molecule has 0 radical (unpaired) electrons. The minimum atomic E-state index is -3.79. The zero-order chi connectivity index (χ0) is 25.8. The van der Waals surface area contributed by atoms with Crippen LogP contribution in [0.2, 0.25) is 10.0 Å². The van der Waals surface area contributed by atoms with E-state index in [0.29, 0.717) is 21.3 Å². The Morgan fingerprint density at radius 1 is 1.06 bits per heavy atom. The topological polar surface area (TPSA) is 86.8 Å². The third kappa shape index (κ3) is 7.61. The Balaban J connectivity index is 2.47. The number of carbonyl (C=O) groups is 2. The molecular formula is C24H31Cl2N3O4S. The summed E-state index contributed by atoms with van der Waals surface area (Å²) in [5.74, 6) is -0.954. The molecule has 0 saturated carbocycles. The van der Waals surface area contributed by atoms with Crippen molar-refractivity contribution in [3.63, 3.8) is 0 Å². The molecule has 34 heavy (non-hydrogen) atoms. The van der Waals surface area contributed by atoms with Gasteiger partial charge in [0, 0.05) is 27.7 Å². The molecule has 2 amide bonds. The quantitative estimate of drug-likeness (QED) is 0.551. The summed E-state index contributed by atoms with van der Waals surface area (Å²) >= 11 is 12.7. The molecule has 0 aromatic heterocycles. The van der Waals surface area contributed by atoms with Crippen molar-refractivity contribution in [3.8, 4) is 0 Å². The normalized spacial score (nSPS) is 12.7. The second-order valence-electron chi connectivity index (χ2n) is 9.25. The van der Waals surface area contributed by atoms with Gasteiger partial charge < -0.3 is 10.2 Å². The molecule has 0 fully saturated rings. The Bertz CT molecular complexity index is 1140. The second kappa shape index (κ2) is 11.0. The number of sulfonamides is 1. The third-order valence-corrected chi connectivity index (χ3v) is 6.87. The number of nitrogens with zero attached hydrogens (tertiary/aromatic N) is 2. The Morgan fingerprint density at radius 3 is 2.12 bits per heavy atom. The van der Waals surface area contributed by atoms with E-state index in [0.717, 1.165) is 16.1 Å². The maximum absolute atomic E-state index is 13.6. The van der Waals surface area contributed by atoms with E-state index >= 15 is 0 Å². The Labute approximate surface area is 212 Å². The zero-order valence-electron chi connectivity index (χ0n) is 20.2. The molecule has 0 aliphatic heterocycles. The first-order valence-corrected chi connectivity index (χ1v) is 13.3. The third-order valence-electron chi connectivity index (χ3n) is 5.02. The van der Waals surface area contributed by atoms with E-state index in [1.54, 1.807) is 43.3 Å². The first-order valence-electron chi connectivity index (χ1n) is 10.7. The summed E-state index contributed by atoms with van der Waals surface area (Å²) < 4.78 is 26.2. The smallest absolute Gasteiger partial charge is 0.244 e. The maximum Gasteiger partial charge on any atom is 0.244 e. The lowest BCUT2D eigenvalue weighted by Gasteiger charge is -2.33. The van der Waals surface area contributed by atoms with Crippen molar-refractivity contribution in [2.24, 2.45) is 0 Å². The van der Waals surface area contributed by atoms with Gasteiger partial charge in [-0.2, -0.15) is 0 Å². The minimum absolute atomic E-state index is 0.0680. The number of hydrogen-bond donors (Lipinski definition) is 1. The molecule has 2 rings (SSSR count). The van der Waals surface area contributed by atoms with Crippen LogP contribution in [0.4, 0.5) is 5.69 Å². The van der Waals surface area contributed by atoms with Gasteiger partial charge in [-0.25, -0.2) is 8.42 Å². The SMILES string of the molecule is Cc1cccc(N(CC(=O)N(Cc2c(Cl)cccc2Cl)[C@H](C)C(=O)NC(C)(C)C)S(C)(=O)=O)c1. The molecule has 1 N–H and O–H groups in total. The van der Waals surface area contributed by atoms with Crippen molar-refractivity contribution in [3.05, 3.63) is 63.6 Å². The van der Waals surface area contributed by atoms with Crippen molar-refractivity contribution >= 4 is 50.7 Å². The van der Waals surface area contributed by atoms with Crippen LogP contribution in [-0.2, 0) is 26.2 Å². The summed E-state index contributed by atoms with van der Waals surface area (Å²) in [6.07, 6.45) is 1.04. The van der Waals surface area contributed by atoms with Crippen molar-refractivity contribution in [1.29, 1.82) is 0 Å². The standard InChI is InChI=1S/C24H31Cl2N3O4S/c1-16-9-7-10-18(13-16)29(34(6,32)33)15-22(30)28(17(2)23(31)27-24(3,4)5)14-19-20(25)11-8-12-21(19)26/h7-13,17H,14-15H2,1-6H3,(H,27,31)/t17-/m1/s1. The number of aryl methyl sites for hydroxylation is 1. The molecule has 2 aromatic rings. The summed E-state index contributed by atoms with van der Waals surface area (Å²) in [6.45, 7) is 8.35. The fourth-order valence-corrected chi connectivity index (χ4v) is 4.67. The molecule has 186 valence electrons. The van der Waals surface area contributed by atoms with E-state index in [4.69, 9.17) is 23.2 Å². The molecule has 0 spiro atoms. The summed E-state index contributed by atoms with van der Waals surface area (Å²) in [5, 5.41) is 3.54. The Hall–Kier alpha value is -2.29. The van der Waals surface area contributed by atoms with Crippen LogP contribution < -0.4 is 9.62 Å². The van der Waals surface area contributed by atoms with Crippen LogP contribution in [0.15, 0.2) is 42.5 Å². The zero-order valence-corrected chi connectivity index (χ0v) is 22.6. The molecule has 0 heterocycles. The van der Waals surface area contributed by atoms with Crippen molar-refractivity contribution in [1.82, 2.24) is 10.2 Å². The van der Waals surface area contributed by atoms with Gasteiger partial charge in [-0.1, -0.05) is 41.4 Å². The predicted molar refractivity (Wildman–Crippen MR) is 138 cm³/mol. The number of nitrogens with one attached hydrogen (secondary N) is 1. The number of halogens is 2. The molecule has 1 atom stereocenters. The van der Waals surface area contributed by atoms with Crippen LogP contribution in [-0.4, -0.2) is 49.5 Å². The lowest BCUT2D eigenvalue weighted by Crippen LogP contribution is -2.54. The highest BCUT2D eigenvalue weighted by atomic mass is 35.5. The van der Waals surface area contributed by atoms with Crippen LogP contribution in [0.3, 0.4) is 0 Å². The Kier molecular flexibility index (Phi) is 9.02. The summed E-state index contributed by atoms with van der Waals surface area (Å²) in [5.41, 5.74) is 1.15. The van der Waals surface area contributed by atoms with E-state index < -0.39 is 34.1 Å². The summed E-state index contributed by atoms with van der Waals surface area (Å²) in [4.78, 5) is 27.8. The van der Waals surface area contributed by atoms with E-state index in [1.807, 2.05) is 33.8 Å². The van der Waals surface area contributed by atoms with E-state index in [-0.39, 0.29) is 12.5 Å². The fraction of sp³-hybridized carbons (Fsp3) is 0.417. The lowest BCUT2D eigenvalue weighted by atomic mass is 10.1. The molecule has 2 aromatic carbocycles. The highest BCUT2D eigenvalue weighted by Gasteiger charge is 2.32. The first-order chi connectivity index (χ1) is 15.6. The van der Waals surface area contributed by atoms with Gasteiger partial charge in [-0.15, -0.1) is 0 Å². The van der Waals surface area contributed by atoms with Crippen molar-refractivity contribution in [2.75, 3.05) is 17.1 Å². The van der Waals surface area contributed by atoms with E-state index in [2.05, 4.69) is 5.32 Å². The van der Waals surface area contributed by atoms with Crippen LogP contribution in [0.1, 0.15) is 38.8 Å². The van der Waals surface area contributed by atoms with Gasteiger partial charge in [0.15, 0.2) is 0 Å². The number of amides is 2. The average Bonchev–Trinajstić information content (AvgIpc) is 2.69. The maximum atomic E-state index is 13.6. The minimum Gasteiger partial charge on any atom is -0.350 e. The largest absolute Gasteiger partial charge is 0.350 e. The van der Waals surface area contributed by atoms with Crippen molar-refractivity contribution < 1.29 is 18.0 Å². The van der Waals surface area contributed by atoms with Crippen LogP contribution >= 0.6 is 23.2 Å². The number of anilines is 1. The number of carbonyl (C=O) groups excluding carboxylic acids is 2. The molecular weight excluding hydrogens is 497 g/mol. The van der Waals surface area contributed by atoms with Gasteiger partial charge in [-0.3, -0.25) is 13.9 Å². The molecule has 0 aliphatic carbocycles. The van der Waals surface area contributed by atoms with E-state index in [1.165, 1.54) is 4.90 Å². The second-order valence-corrected chi connectivity index (χ2v) is 12.0. The first kappa shape index (κ1) is 28.0. The molecule has 10 heteroatoms. The number of hydrogen-bond acceptors (Lipinski definition) is 4. The highest BCUT2D eigenvalue weighted by molar-refractivity contribution is 7.92. The summed E-state index contributed by atoms with van der Waals surface area (Å²) in [6, 6.07) is 10.9. The predicted octanol–water partition coefficient (Wildman–Crippen LogP) is 4.40.